The number of aryl methyl sites for hydroxylation is 1. The van der Waals surface area contributed by atoms with Gasteiger partial charge in [0.25, 0.3) is 0 Å². The van der Waals surface area contributed by atoms with Gasteiger partial charge in [0.2, 0.25) is 0 Å². The highest BCUT2D eigenvalue weighted by atomic mass is 35.5. The Morgan fingerprint density at radius 1 is 1.12 bits per heavy atom. The van der Waals surface area contributed by atoms with Gasteiger partial charge in [0.1, 0.15) is 0 Å². The molecule has 1 aliphatic carbocycles. The maximum Gasteiger partial charge on any atom is 0.182 e. The van der Waals surface area contributed by atoms with Gasteiger partial charge in [-0.25, -0.2) is 8.42 Å². The molecule has 0 spiro atoms. The highest BCUT2D eigenvalue weighted by molar-refractivity contribution is 7.92. The quantitative estimate of drug-likeness (QED) is 0.853. The van der Waals surface area contributed by atoms with Crippen molar-refractivity contribution in [3.8, 4) is 0 Å². The van der Waals surface area contributed by atoms with Crippen LogP contribution in [0.2, 0.25) is 5.02 Å². The molecule has 1 aliphatic rings. The van der Waals surface area contributed by atoms with Crippen molar-refractivity contribution >= 4 is 21.4 Å². The van der Waals surface area contributed by atoms with Crippen molar-refractivity contribution in [3.05, 3.63) is 64.7 Å². The molecule has 2 aromatic carbocycles. The Morgan fingerprint density at radius 2 is 1.71 bits per heavy atom. The molecule has 1 fully saturated rings. The van der Waals surface area contributed by atoms with E-state index in [1.54, 1.807) is 48.5 Å². The number of sulfone groups is 1. The predicted molar refractivity (Wildman–Crippen MR) is 94.9 cm³/mol. The molecular formula is C18H20ClNO3S. The topological polar surface area (TPSA) is 80.4 Å². The minimum absolute atomic E-state index is 0.104. The van der Waals surface area contributed by atoms with E-state index in [2.05, 4.69) is 0 Å². The van der Waals surface area contributed by atoms with Crippen LogP contribution in [0.1, 0.15) is 17.0 Å². The van der Waals surface area contributed by atoms with Crippen LogP contribution in [0.25, 0.3) is 0 Å². The summed E-state index contributed by atoms with van der Waals surface area (Å²) < 4.78 is 26.2. The van der Waals surface area contributed by atoms with Gasteiger partial charge in [0.05, 0.1) is 16.8 Å². The molecule has 0 aliphatic heterocycles. The van der Waals surface area contributed by atoms with E-state index in [-0.39, 0.29) is 24.0 Å². The number of rotatable bonds is 5. The first kappa shape index (κ1) is 17.4. The van der Waals surface area contributed by atoms with Crippen molar-refractivity contribution in [2.75, 3.05) is 13.2 Å². The Labute approximate surface area is 147 Å². The van der Waals surface area contributed by atoms with Crippen molar-refractivity contribution in [3.63, 3.8) is 0 Å². The fraction of sp³-hybridized carbons (Fsp3) is 0.333. The number of nitrogens with two attached hydrogens (primary N) is 1. The van der Waals surface area contributed by atoms with Gasteiger partial charge >= 0.3 is 0 Å². The molecule has 0 bridgehead atoms. The second-order valence-corrected chi connectivity index (χ2v) is 8.91. The zero-order chi connectivity index (χ0) is 17.5. The van der Waals surface area contributed by atoms with E-state index in [1.165, 1.54) is 0 Å². The van der Waals surface area contributed by atoms with Gasteiger partial charge in [-0.15, -0.1) is 0 Å². The maximum atomic E-state index is 13.1. The monoisotopic (exact) mass is 365 g/mol. The third-order valence-electron chi connectivity index (χ3n) is 4.97. The molecule has 3 rings (SSSR count). The molecule has 0 heterocycles. The van der Waals surface area contributed by atoms with E-state index < -0.39 is 20.5 Å². The normalized spacial score (nSPS) is 26.3. The number of benzene rings is 2. The van der Waals surface area contributed by atoms with Crippen LogP contribution in [0, 0.1) is 12.3 Å². The molecule has 6 heteroatoms. The number of halogens is 1. The number of hydrogen-bond donors (Lipinski definition) is 2. The summed E-state index contributed by atoms with van der Waals surface area (Å²) in [6.45, 7) is 1.74. The summed E-state index contributed by atoms with van der Waals surface area (Å²) in [5.41, 5.74) is 6.85. The summed E-state index contributed by atoms with van der Waals surface area (Å²) in [6, 6.07) is 13.8. The summed E-state index contributed by atoms with van der Waals surface area (Å²) in [4.78, 5) is 0.265. The minimum atomic E-state index is -3.59. The number of aliphatic hydroxyl groups is 1. The van der Waals surface area contributed by atoms with Crippen LogP contribution in [0.4, 0.5) is 0 Å². The van der Waals surface area contributed by atoms with Gasteiger partial charge in [-0.1, -0.05) is 41.4 Å². The maximum absolute atomic E-state index is 13.1. The number of hydrogen-bond acceptors (Lipinski definition) is 4. The van der Waals surface area contributed by atoms with Crippen molar-refractivity contribution in [2.24, 2.45) is 11.1 Å². The van der Waals surface area contributed by atoms with Crippen LogP contribution in [-0.4, -0.2) is 31.9 Å². The Morgan fingerprint density at radius 3 is 2.21 bits per heavy atom. The van der Waals surface area contributed by atoms with Crippen LogP contribution < -0.4 is 5.73 Å². The molecule has 0 unspecified atom stereocenters. The minimum Gasteiger partial charge on any atom is -0.396 e. The third-order valence-corrected chi connectivity index (χ3v) is 7.56. The van der Waals surface area contributed by atoms with Crippen LogP contribution in [0.3, 0.4) is 0 Å². The highest BCUT2D eigenvalue weighted by Crippen LogP contribution is 2.63. The molecule has 0 aromatic heterocycles. The molecule has 24 heavy (non-hydrogen) atoms. The molecule has 2 aromatic rings. The first-order valence-corrected chi connectivity index (χ1v) is 9.66. The Kier molecular flexibility index (Phi) is 4.47. The molecule has 128 valence electrons. The summed E-state index contributed by atoms with van der Waals surface area (Å²) in [5.74, 6) is -0.337. The van der Waals surface area contributed by atoms with Gasteiger partial charge in [0.15, 0.2) is 9.84 Å². The lowest BCUT2D eigenvalue weighted by Crippen LogP contribution is -2.27. The summed E-state index contributed by atoms with van der Waals surface area (Å²) in [7, 11) is -3.59. The molecule has 3 atom stereocenters. The molecular weight excluding hydrogens is 346 g/mol. The molecule has 1 saturated carbocycles. The first-order valence-electron chi connectivity index (χ1n) is 7.74. The largest absolute Gasteiger partial charge is 0.396 e. The van der Waals surface area contributed by atoms with Crippen molar-refractivity contribution in [2.45, 2.75) is 23.0 Å². The van der Waals surface area contributed by atoms with Crippen molar-refractivity contribution in [1.29, 1.82) is 0 Å². The Bertz CT molecular complexity index is 828. The fourth-order valence-electron chi connectivity index (χ4n) is 3.49. The number of aliphatic hydroxyl groups excluding tert-OH is 1. The lowest BCUT2D eigenvalue weighted by molar-refractivity contribution is 0.212. The van der Waals surface area contributed by atoms with Gasteiger partial charge in [-0.3, -0.25) is 0 Å². The van der Waals surface area contributed by atoms with E-state index in [0.29, 0.717) is 5.02 Å². The standard InChI is InChI=1S/C18H20ClNO3S/c1-12-2-8-15(9-3-12)24(22,23)17-16(18(17,10-20)11-21)13-4-6-14(19)7-5-13/h2-9,16-17,21H,10-11,20H2,1H3/t16-,17-,18+/m0/s1. The lowest BCUT2D eigenvalue weighted by Gasteiger charge is -2.12. The van der Waals surface area contributed by atoms with Gasteiger partial charge < -0.3 is 10.8 Å². The smallest absolute Gasteiger partial charge is 0.182 e. The highest BCUT2D eigenvalue weighted by Gasteiger charge is 2.70. The summed E-state index contributed by atoms with van der Waals surface area (Å²) >= 11 is 5.92. The predicted octanol–water partition coefficient (Wildman–Crippen LogP) is 2.53. The summed E-state index contributed by atoms with van der Waals surface area (Å²) in [6.07, 6.45) is 0. The van der Waals surface area contributed by atoms with Crippen molar-refractivity contribution < 1.29 is 13.5 Å². The van der Waals surface area contributed by atoms with Crippen LogP contribution >= 0.6 is 11.6 Å². The van der Waals surface area contributed by atoms with Crippen LogP contribution in [0.15, 0.2) is 53.4 Å². The van der Waals surface area contributed by atoms with E-state index in [1.807, 2.05) is 6.92 Å². The molecule has 4 nitrogen and oxygen atoms in total. The Balaban J connectivity index is 2.04. The lowest BCUT2D eigenvalue weighted by atomic mass is 10.0. The SMILES string of the molecule is Cc1ccc(S(=O)(=O)[C@H]2[C@H](c3ccc(Cl)cc3)[C@@]2(CN)CO)cc1. The van der Waals surface area contributed by atoms with Crippen LogP contribution in [-0.2, 0) is 9.84 Å². The van der Waals surface area contributed by atoms with E-state index in [4.69, 9.17) is 17.3 Å². The van der Waals surface area contributed by atoms with Crippen molar-refractivity contribution in [1.82, 2.24) is 0 Å². The first-order chi connectivity index (χ1) is 11.4. The fourth-order valence-corrected chi connectivity index (χ4v) is 6.07. The van der Waals surface area contributed by atoms with E-state index in [0.717, 1.165) is 11.1 Å². The average Bonchev–Trinajstić information content (AvgIpc) is 3.26. The second-order valence-electron chi connectivity index (χ2n) is 6.40. The van der Waals surface area contributed by atoms with E-state index >= 15 is 0 Å². The molecule has 3 N–H and O–H groups in total. The molecule has 0 amide bonds. The van der Waals surface area contributed by atoms with Crippen LogP contribution in [0.5, 0.6) is 0 Å². The third kappa shape index (κ3) is 2.65. The Hall–Kier alpha value is -1.40. The van der Waals surface area contributed by atoms with E-state index in [9.17, 15) is 13.5 Å². The molecule has 0 radical (unpaired) electrons. The average molecular weight is 366 g/mol. The zero-order valence-electron chi connectivity index (χ0n) is 13.3. The van der Waals surface area contributed by atoms with Gasteiger partial charge in [0, 0.05) is 22.9 Å². The zero-order valence-corrected chi connectivity index (χ0v) is 14.9. The molecule has 0 saturated heterocycles. The van der Waals surface area contributed by atoms with Gasteiger partial charge in [-0.05, 0) is 36.8 Å². The second kappa shape index (κ2) is 6.15. The van der Waals surface area contributed by atoms with Gasteiger partial charge in [-0.2, -0.15) is 0 Å². The summed E-state index contributed by atoms with van der Waals surface area (Å²) in [5, 5.41) is 9.75.